The van der Waals surface area contributed by atoms with Gasteiger partial charge in [0.2, 0.25) is 0 Å². The number of ether oxygens (including phenoxy) is 2. The van der Waals surface area contributed by atoms with Crippen molar-refractivity contribution in [2.24, 2.45) is 5.92 Å². The second kappa shape index (κ2) is 9.08. The van der Waals surface area contributed by atoms with Crippen LogP contribution < -0.4 is 9.47 Å². The van der Waals surface area contributed by atoms with Crippen LogP contribution in [0.1, 0.15) is 42.5 Å². The lowest BCUT2D eigenvalue weighted by molar-refractivity contribution is 0.0403. The maximum atomic E-state index is 13.3. The maximum absolute atomic E-state index is 13.3. The Morgan fingerprint density at radius 3 is 2.77 bits per heavy atom. The first kappa shape index (κ1) is 20.7. The number of rotatable bonds is 6. The van der Waals surface area contributed by atoms with Gasteiger partial charge in [0.15, 0.2) is 11.5 Å². The molecule has 2 aliphatic heterocycles. The number of H-pyrrole nitrogens is 1. The van der Waals surface area contributed by atoms with E-state index in [1.54, 1.807) is 20.4 Å². The summed E-state index contributed by atoms with van der Waals surface area (Å²) in [6.45, 7) is 3.21. The maximum Gasteiger partial charge on any atom is 0.257 e. The number of aromatic nitrogens is 2. The number of amides is 1. The lowest BCUT2D eigenvalue weighted by Crippen LogP contribution is -2.51. The predicted molar refractivity (Wildman–Crippen MR) is 116 cm³/mol. The van der Waals surface area contributed by atoms with Gasteiger partial charge in [-0.25, -0.2) is 0 Å². The van der Waals surface area contributed by atoms with Crippen LogP contribution in [0.4, 0.5) is 0 Å². The number of piperidine rings is 2. The van der Waals surface area contributed by atoms with Gasteiger partial charge in [0.05, 0.1) is 31.7 Å². The molecule has 0 radical (unpaired) electrons. The van der Waals surface area contributed by atoms with E-state index in [0.717, 1.165) is 12.1 Å². The zero-order valence-electron chi connectivity index (χ0n) is 18.2. The summed E-state index contributed by atoms with van der Waals surface area (Å²) >= 11 is 0. The lowest BCUT2D eigenvalue weighted by Gasteiger charge is -2.45. The first-order chi connectivity index (χ1) is 14.6. The molecule has 7 nitrogen and oxygen atoms in total. The number of nitrogens with one attached hydrogen (secondary N) is 1. The predicted octanol–water partition coefficient (Wildman–Crippen LogP) is 3.43. The van der Waals surface area contributed by atoms with Gasteiger partial charge in [-0.3, -0.25) is 9.89 Å². The molecule has 1 aromatic heterocycles. The fourth-order valence-corrected chi connectivity index (χ4v) is 5.09. The summed E-state index contributed by atoms with van der Waals surface area (Å²) in [4.78, 5) is 17.8. The van der Waals surface area contributed by atoms with Gasteiger partial charge in [0.1, 0.15) is 0 Å². The summed E-state index contributed by atoms with van der Waals surface area (Å²) < 4.78 is 10.7. The minimum Gasteiger partial charge on any atom is -0.493 e. The lowest BCUT2D eigenvalue weighted by atomic mass is 9.83. The molecule has 0 saturated carbocycles. The Bertz CT molecular complexity index is 879. The van der Waals surface area contributed by atoms with Crippen LogP contribution in [0.5, 0.6) is 11.5 Å². The number of carbonyl (C=O) groups is 1. The molecule has 7 heteroatoms. The minimum absolute atomic E-state index is 0.00136. The second-order valence-electron chi connectivity index (χ2n) is 8.42. The smallest absolute Gasteiger partial charge is 0.257 e. The van der Waals surface area contributed by atoms with Crippen molar-refractivity contribution in [2.75, 3.05) is 40.9 Å². The monoisotopic (exact) mass is 412 g/mol. The zero-order chi connectivity index (χ0) is 21.1. The molecule has 30 heavy (non-hydrogen) atoms. The van der Waals surface area contributed by atoms with E-state index in [1.807, 2.05) is 30.1 Å². The van der Waals surface area contributed by atoms with Crippen molar-refractivity contribution in [1.82, 2.24) is 20.0 Å². The van der Waals surface area contributed by atoms with Crippen LogP contribution >= 0.6 is 0 Å². The number of hydrogen-bond donors (Lipinski definition) is 1. The van der Waals surface area contributed by atoms with Crippen LogP contribution in [0.15, 0.2) is 24.4 Å². The van der Waals surface area contributed by atoms with Crippen LogP contribution in [0.25, 0.3) is 11.3 Å². The van der Waals surface area contributed by atoms with Crippen molar-refractivity contribution < 1.29 is 14.3 Å². The Hall–Kier alpha value is -2.54. The summed E-state index contributed by atoms with van der Waals surface area (Å²) in [7, 11) is 5.12. The minimum atomic E-state index is 0.00136. The topological polar surface area (TPSA) is 70.7 Å². The fraction of sp³-hybridized carbons (Fsp3) is 0.565. The average molecular weight is 413 g/mol. The second-order valence-corrected chi connectivity index (χ2v) is 8.42. The van der Waals surface area contributed by atoms with Crippen LogP contribution in [-0.2, 0) is 0 Å². The molecule has 0 aliphatic carbocycles. The average Bonchev–Trinajstić information content (AvgIpc) is 3.28. The fourth-order valence-electron chi connectivity index (χ4n) is 5.09. The molecule has 2 fully saturated rings. The SMILES string of the molecule is COc1ccc(-c2[nH]ncc2C(=O)N(C)CC2CCCN3CCCCC23)cc1OC. The molecule has 4 rings (SSSR count). The van der Waals surface area contributed by atoms with E-state index in [1.165, 1.54) is 45.2 Å². The third-order valence-corrected chi connectivity index (χ3v) is 6.63. The van der Waals surface area contributed by atoms with Crippen molar-refractivity contribution in [2.45, 2.75) is 38.1 Å². The quantitative estimate of drug-likeness (QED) is 0.787. The summed E-state index contributed by atoms with van der Waals surface area (Å²) in [5.41, 5.74) is 2.13. The molecule has 162 valence electrons. The Kier molecular flexibility index (Phi) is 6.27. The largest absolute Gasteiger partial charge is 0.493 e. The standard InChI is InChI=1S/C23H32N4O3/c1-26(15-17-7-6-12-27-11-5-4-8-19(17)27)23(28)18-14-24-25-22(18)16-9-10-20(29-2)21(13-16)30-3/h9-10,13-14,17,19H,4-8,11-12,15H2,1-3H3,(H,24,25). The Balaban J connectivity index is 1.51. The van der Waals surface area contributed by atoms with Crippen LogP contribution in [0.2, 0.25) is 0 Å². The Morgan fingerprint density at radius 2 is 1.97 bits per heavy atom. The third-order valence-electron chi connectivity index (χ3n) is 6.63. The van der Waals surface area contributed by atoms with E-state index in [2.05, 4.69) is 15.1 Å². The Labute approximate surface area is 178 Å². The van der Waals surface area contributed by atoms with Crippen molar-refractivity contribution >= 4 is 5.91 Å². The van der Waals surface area contributed by atoms with Crippen LogP contribution in [-0.4, -0.2) is 72.8 Å². The van der Waals surface area contributed by atoms with E-state index in [-0.39, 0.29) is 5.91 Å². The van der Waals surface area contributed by atoms with Crippen LogP contribution in [0, 0.1) is 5.92 Å². The zero-order valence-corrected chi connectivity index (χ0v) is 18.2. The van der Waals surface area contributed by atoms with E-state index < -0.39 is 0 Å². The molecule has 0 bridgehead atoms. The van der Waals surface area contributed by atoms with E-state index >= 15 is 0 Å². The van der Waals surface area contributed by atoms with Gasteiger partial charge in [-0.2, -0.15) is 5.10 Å². The normalized spacial score (nSPS) is 21.7. The van der Waals surface area contributed by atoms with E-state index in [4.69, 9.17) is 9.47 Å². The summed E-state index contributed by atoms with van der Waals surface area (Å²) in [5.74, 6) is 1.82. The van der Waals surface area contributed by atoms with Crippen LogP contribution in [0.3, 0.4) is 0 Å². The van der Waals surface area contributed by atoms with Crippen molar-refractivity contribution in [3.8, 4) is 22.8 Å². The van der Waals surface area contributed by atoms with Gasteiger partial charge in [0.25, 0.3) is 5.91 Å². The van der Waals surface area contributed by atoms with Crippen molar-refractivity contribution in [1.29, 1.82) is 0 Å². The highest BCUT2D eigenvalue weighted by molar-refractivity contribution is 5.99. The van der Waals surface area contributed by atoms with Gasteiger partial charge < -0.3 is 19.3 Å². The molecule has 2 aliphatic rings. The van der Waals surface area contributed by atoms with Crippen molar-refractivity contribution in [3.05, 3.63) is 30.0 Å². The number of hydrogen-bond acceptors (Lipinski definition) is 5. The molecule has 1 amide bonds. The molecule has 1 aromatic carbocycles. The molecule has 1 N–H and O–H groups in total. The highest BCUT2D eigenvalue weighted by Gasteiger charge is 2.34. The number of aromatic amines is 1. The first-order valence-electron chi connectivity index (χ1n) is 10.9. The number of nitrogens with zero attached hydrogens (tertiary/aromatic N) is 3. The molecule has 3 heterocycles. The number of fused-ring (bicyclic) bond motifs is 1. The third kappa shape index (κ3) is 4.03. The van der Waals surface area contributed by atoms with Gasteiger partial charge in [-0.15, -0.1) is 0 Å². The van der Waals surface area contributed by atoms with E-state index in [0.29, 0.717) is 34.7 Å². The highest BCUT2D eigenvalue weighted by atomic mass is 16.5. The first-order valence-corrected chi connectivity index (χ1v) is 10.9. The van der Waals surface area contributed by atoms with Crippen molar-refractivity contribution in [3.63, 3.8) is 0 Å². The van der Waals surface area contributed by atoms with Gasteiger partial charge in [0, 0.05) is 25.2 Å². The molecular formula is C23H32N4O3. The number of carbonyl (C=O) groups excluding carboxylic acids is 1. The number of methoxy groups -OCH3 is 2. The molecule has 2 aromatic rings. The van der Waals surface area contributed by atoms with Gasteiger partial charge in [-0.05, 0) is 62.9 Å². The summed E-state index contributed by atoms with van der Waals surface area (Å²) in [6.07, 6.45) is 7.93. The molecule has 2 atom stereocenters. The van der Waals surface area contributed by atoms with Gasteiger partial charge in [-0.1, -0.05) is 6.42 Å². The van der Waals surface area contributed by atoms with Gasteiger partial charge >= 0.3 is 0 Å². The highest BCUT2D eigenvalue weighted by Crippen LogP contribution is 2.34. The number of benzene rings is 1. The molecule has 2 unspecified atom stereocenters. The van der Waals surface area contributed by atoms with E-state index in [9.17, 15) is 4.79 Å². The summed E-state index contributed by atoms with van der Waals surface area (Å²) in [5, 5.41) is 7.15. The Morgan fingerprint density at radius 1 is 1.17 bits per heavy atom. The molecular weight excluding hydrogens is 380 g/mol. The molecule has 2 saturated heterocycles. The summed E-state index contributed by atoms with van der Waals surface area (Å²) in [6, 6.07) is 6.24. The molecule has 0 spiro atoms.